The van der Waals surface area contributed by atoms with Crippen molar-refractivity contribution < 1.29 is 18.7 Å². The molecule has 0 spiro atoms. The predicted octanol–water partition coefficient (Wildman–Crippen LogP) is 3.60. The molecular weight excluding hydrogens is 273 g/mol. The lowest BCUT2D eigenvalue weighted by molar-refractivity contribution is 0.00776. The molecule has 1 amide bonds. The fourth-order valence-corrected chi connectivity index (χ4v) is 2.23. The third-order valence-corrected chi connectivity index (χ3v) is 3.15. The van der Waals surface area contributed by atoms with Crippen LogP contribution in [0.2, 0.25) is 0 Å². The molecule has 0 saturated carbocycles. The number of halogens is 1. The fraction of sp³-hybridized carbons (Fsp3) is 0.562. The molecule has 0 N–H and O–H groups in total. The molecule has 4 nitrogen and oxygen atoms in total. The average molecular weight is 295 g/mol. The van der Waals surface area contributed by atoms with E-state index in [1.165, 1.54) is 12.1 Å². The summed E-state index contributed by atoms with van der Waals surface area (Å²) in [7, 11) is 0. The van der Waals surface area contributed by atoms with Crippen LogP contribution in [0.25, 0.3) is 0 Å². The van der Waals surface area contributed by atoms with Gasteiger partial charge in [-0.05, 0) is 57.9 Å². The van der Waals surface area contributed by atoms with Gasteiger partial charge in [0.15, 0.2) is 0 Å². The van der Waals surface area contributed by atoms with Crippen molar-refractivity contribution in [2.45, 2.75) is 45.3 Å². The van der Waals surface area contributed by atoms with E-state index in [1.54, 1.807) is 17.0 Å². The van der Waals surface area contributed by atoms with Crippen LogP contribution in [0.1, 0.15) is 33.6 Å². The first-order chi connectivity index (χ1) is 9.83. The molecular formula is C16H22FNO3. The highest BCUT2D eigenvalue weighted by Gasteiger charge is 2.28. The summed E-state index contributed by atoms with van der Waals surface area (Å²) in [4.78, 5) is 13.7. The molecule has 0 bridgehead atoms. The molecule has 1 atom stereocenters. The summed E-state index contributed by atoms with van der Waals surface area (Å²) in [5, 5.41) is 0. The van der Waals surface area contributed by atoms with E-state index in [-0.39, 0.29) is 18.0 Å². The van der Waals surface area contributed by atoms with Crippen LogP contribution < -0.4 is 4.74 Å². The normalized spacial score (nSPS) is 19.2. The quantitative estimate of drug-likeness (QED) is 0.836. The maximum absolute atomic E-state index is 12.9. The summed E-state index contributed by atoms with van der Waals surface area (Å²) in [6.45, 7) is 6.72. The topological polar surface area (TPSA) is 38.8 Å². The standard InChI is InChI=1S/C16H22FNO3/c1-16(2,3)21-15(19)18-10-4-5-14(11-18)20-13-8-6-12(17)7-9-13/h6-9,14H,4-5,10-11H2,1-3H3. The van der Waals surface area contributed by atoms with E-state index < -0.39 is 5.60 Å². The number of amides is 1. The van der Waals surface area contributed by atoms with Gasteiger partial charge in [0.2, 0.25) is 0 Å². The Kier molecular flexibility index (Phi) is 4.70. The minimum atomic E-state index is -0.498. The minimum Gasteiger partial charge on any atom is -0.489 e. The van der Waals surface area contributed by atoms with Crippen LogP contribution in [-0.4, -0.2) is 35.8 Å². The minimum absolute atomic E-state index is 0.0864. The second kappa shape index (κ2) is 6.33. The van der Waals surface area contributed by atoms with Crippen LogP contribution in [0.5, 0.6) is 5.75 Å². The van der Waals surface area contributed by atoms with Crippen molar-refractivity contribution in [2.24, 2.45) is 0 Å². The molecule has 116 valence electrons. The second-order valence-electron chi connectivity index (χ2n) is 6.26. The van der Waals surface area contributed by atoms with E-state index in [0.29, 0.717) is 18.8 Å². The number of nitrogens with zero attached hydrogens (tertiary/aromatic N) is 1. The number of carbonyl (C=O) groups is 1. The Labute approximate surface area is 124 Å². The Hall–Kier alpha value is -1.78. The van der Waals surface area contributed by atoms with Crippen LogP contribution in [0.15, 0.2) is 24.3 Å². The van der Waals surface area contributed by atoms with Gasteiger partial charge in [-0.3, -0.25) is 0 Å². The summed E-state index contributed by atoms with van der Waals surface area (Å²) in [6, 6.07) is 5.93. The van der Waals surface area contributed by atoms with Gasteiger partial charge in [0.05, 0.1) is 6.54 Å². The number of rotatable bonds is 2. The summed E-state index contributed by atoms with van der Waals surface area (Å²) < 4.78 is 24.0. The van der Waals surface area contributed by atoms with Crippen molar-refractivity contribution >= 4 is 6.09 Å². The molecule has 0 aromatic heterocycles. The first kappa shape index (κ1) is 15.6. The molecule has 1 aromatic rings. The SMILES string of the molecule is CC(C)(C)OC(=O)N1CCCC(Oc2ccc(F)cc2)C1. The zero-order chi connectivity index (χ0) is 15.5. The van der Waals surface area contributed by atoms with Crippen molar-refractivity contribution in [1.29, 1.82) is 0 Å². The zero-order valence-electron chi connectivity index (χ0n) is 12.8. The average Bonchev–Trinajstić information content (AvgIpc) is 2.40. The third-order valence-electron chi connectivity index (χ3n) is 3.15. The van der Waals surface area contributed by atoms with Crippen molar-refractivity contribution in [3.05, 3.63) is 30.1 Å². The maximum Gasteiger partial charge on any atom is 0.410 e. The molecule has 1 aromatic carbocycles. The molecule has 5 heteroatoms. The molecule has 1 unspecified atom stereocenters. The van der Waals surface area contributed by atoms with Gasteiger partial charge in [-0.1, -0.05) is 0 Å². The Morgan fingerprint density at radius 1 is 1.29 bits per heavy atom. The Morgan fingerprint density at radius 3 is 2.57 bits per heavy atom. The highest BCUT2D eigenvalue weighted by molar-refractivity contribution is 5.68. The van der Waals surface area contributed by atoms with Gasteiger partial charge in [0.1, 0.15) is 23.3 Å². The molecule has 21 heavy (non-hydrogen) atoms. The first-order valence-corrected chi connectivity index (χ1v) is 7.24. The molecule has 1 aliphatic heterocycles. The highest BCUT2D eigenvalue weighted by Crippen LogP contribution is 2.20. The van der Waals surface area contributed by atoms with Gasteiger partial charge < -0.3 is 14.4 Å². The predicted molar refractivity (Wildman–Crippen MR) is 77.9 cm³/mol. The summed E-state index contributed by atoms with van der Waals surface area (Å²) in [5.41, 5.74) is -0.498. The van der Waals surface area contributed by atoms with Gasteiger partial charge in [0.25, 0.3) is 0 Å². The molecule has 1 heterocycles. The van der Waals surface area contributed by atoms with E-state index in [0.717, 1.165) is 12.8 Å². The number of likely N-dealkylation sites (tertiary alicyclic amines) is 1. The van der Waals surface area contributed by atoms with E-state index in [4.69, 9.17) is 9.47 Å². The molecule has 0 aliphatic carbocycles. The molecule has 0 radical (unpaired) electrons. The van der Waals surface area contributed by atoms with E-state index in [9.17, 15) is 9.18 Å². The number of carbonyl (C=O) groups excluding carboxylic acids is 1. The Morgan fingerprint density at radius 2 is 1.95 bits per heavy atom. The largest absolute Gasteiger partial charge is 0.489 e. The summed E-state index contributed by atoms with van der Waals surface area (Å²) in [6.07, 6.45) is 1.34. The molecule has 1 fully saturated rings. The molecule has 1 aliphatic rings. The number of hydrogen-bond acceptors (Lipinski definition) is 3. The van der Waals surface area contributed by atoms with Crippen LogP contribution in [0.3, 0.4) is 0 Å². The van der Waals surface area contributed by atoms with Crippen molar-refractivity contribution in [2.75, 3.05) is 13.1 Å². The molecule has 1 saturated heterocycles. The van der Waals surface area contributed by atoms with Crippen molar-refractivity contribution in [3.8, 4) is 5.75 Å². The smallest absolute Gasteiger partial charge is 0.410 e. The third kappa shape index (κ3) is 4.92. The van der Waals surface area contributed by atoms with E-state index in [1.807, 2.05) is 20.8 Å². The van der Waals surface area contributed by atoms with Crippen molar-refractivity contribution in [1.82, 2.24) is 4.90 Å². The first-order valence-electron chi connectivity index (χ1n) is 7.24. The second-order valence-corrected chi connectivity index (χ2v) is 6.26. The van der Waals surface area contributed by atoms with Gasteiger partial charge in [-0.25, -0.2) is 9.18 Å². The highest BCUT2D eigenvalue weighted by atomic mass is 19.1. The number of hydrogen-bond donors (Lipinski definition) is 0. The lowest BCUT2D eigenvalue weighted by atomic mass is 10.1. The monoisotopic (exact) mass is 295 g/mol. The van der Waals surface area contributed by atoms with Crippen LogP contribution in [0.4, 0.5) is 9.18 Å². The van der Waals surface area contributed by atoms with Gasteiger partial charge >= 0.3 is 6.09 Å². The zero-order valence-corrected chi connectivity index (χ0v) is 12.8. The Bertz CT molecular complexity index is 481. The van der Waals surface area contributed by atoms with E-state index in [2.05, 4.69) is 0 Å². The van der Waals surface area contributed by atoms with Crippen LogP contribution >= 0.6 is 0 Å². The number of benzene rings is 1. The van der Waals surface area contributed by atoms with Crippen LogP contribution in [0, 0.1) is 5.82 Å². The van der Waals surface area contributed by atoms with Crippen molar-refractivity contribution in [3.63, 3.8) is 0 Å². The van der Waals surface area contributed by atoms with Gasteiger partial charge in [0, 0.05) is 6.54 Å². The van der Waals surface area contributed by atoms with Crippen LogP contribution in [-0.2, 0) is 4.74 Å². The van der Waals surface area contributed by atoms with Gasteiger partial charge in [-0.2, -0.15) is 0 Å². The number of ether oxygens (including phenoxy) is 2. The summed E-state index contributed by atoms with van der Waals surface area (Å²) >= 11 is 0. The van der Waals surface area contributed by atoms with Gasteiger partial charge in [-0.15, -0.1) is 0 Å². The molecule has 2 rings (SSSR count). The summed E-state index contributed by atoms with van der Waals surface area (Å²) in [5.74, 6) is 0.328. The lowest BCUT2D eigenvalue weighted by Gasteiger charge is -2.34. The lowest BCUT2D eigenvalue weighted by Crippen LogP contribution is -2.46. The maximum atomic E-state index is 12.9. The van der Waals surface area contributed by atoms with E-state index >= 15 is 0 Å². The fourth-order valence-electron chi connectivity index (χ4n) is 2.23. The Balaban J connectivity index is 1.91. The number of piperidine rings is 1.